The van der Waals surface area contributed by atoms with Gasteiger partial charge in [-0.1, -0.05) is 30.8 Å². The Labute approximate surface area is 97.5 Å². The van der Waals surface area contributed by atoms with Gasteiger partial charge in [0.25, 0.3) is 0 Å². The van der Waals surface area contributed by atoms with Gasteiger partial charge in [-0.15, -0.1) is 0 Å². The molecule has 2 fully saturated rings. The molecule has 0 spiro atoms. The number of hydrogen-bond donors (Lipinski definition) is 2. The van der Waals surface area contributed by atoms with Crippen molar-refractivity contribution in [3.8, 4) is 0 Å². The zero-order chi connectivity index (χ0) is 11.4. The van der Waals surface area contributed by atoms with Crippen molar-refractivity contribution in [2.24, 2.45) is 16.8 Å². The van der Waals surface area contributed by atoms with E-state index in [2.05, 4.69) is 10.1 Å². The van der Waals surface area contributed by atoms with E-state index < -0.39 is 0 Å². The topological polar surface area (TPSA) is 61.8 Å². The highest BCUT2D eigenvalue weighted by atomic mass is 16.4. The van der Waals surface area contributed by atoms with Gasteiger partial charge in [0, 0.05) is 6.04 Å². The molecule has 0 aliphatic heterocycles. The fourth-order valence-electron chi connectivity index (χ4n) is 2.65. The molecule has 2 aliphatic rings. The van der Waals surface area contributed by atoms with E-state index in [4.69, 9.17) is 10.9 Å². The van der Waals surface area contributed by atoms with Crippen LogP contribution in [0.3, 0.4) is 0 Å². The molecule has 2 aliphatic carbocycles. The van der Waals surface area contributed by atoms with Gasteiger partial charge >= 0.3 is 0 Å². The number of nitrogens with two attached hydrogens (primary N) is 1. The van der Waals surface area contributed by atoms with Crippen molar-refractivity contribution in [1.29, 1.82) is 0 Å². The maximum atomic E-state index is 8.65. The number of nitrogens with zero attached hydrogens (tertiary/aromatic N) is 2. The van der Waals surface area contributed by atoms with Crippen LogP contribution in [0.4, 0.5) is 0 Å². The zero-order valence-corrected chi connectivity index (χ0v) is 9.94. The van der Waals surface area contributed by atoms with Crippen LogP contribution in [0.5, 0.6) is 0 Å². The Bertz CT molecular complexity index is 245. The summed E-state index contributed by atoms with van der Waals surface area (Å²) in [6, 6.07) is 0.666. The van der Waals surface area contributed by atoms with Gasteiger partial charge in [-0.25, -0.2) is 0 Å². The standard InChI is InChI=1S/C12H23N3O/c13-12(14-16)9-15(8-7-10-5-6-10)11-3-1-2-4-11/h10-11,16H,1-9H2,(H2,13,14). The first-order chi connectivity index (χ1) is 7.79. The van der Waals surface area contributed by atoms with Crippen molar-refractivity contribution in [3.63, 3.8) is 0 Å². The van der Waals surface area contributed by atoms with Crippen molar-refractivity contribution in [2.45, 2.75) is 51.0 Å². The lowest BCUT2D eigenvalue weighted by molar-refractivity contribution is 0.216. The number of amidine groups is 1. The Kier molecular flexibility index (Phi) is 4.04. The van der Waals surface area contributed by atoms with E-state index in [0.717, 1.165) is 12.5 Å². The molecule has 0 unspecified atom stereocenters. The van der Waals surface area contributed by atoms with Crippen LogP contribution < -0.4 is 5.73 Å². The van der Waals surface area contributed by atoms with Crippen LogP contribution in [0, 0.1) is 5.92 Å². The van der Waals surface area contributed by atoms with Crippen molar-refractivity contribution >= 4 is 5.84 Å². The average molecular weight is 225 g/mol. The van der Waals surface area contributed by atoms with Gasteiger partial charge < -0.3 is 10.9 Å². The lowest BCUT2D eigenvalue weighted by atomic mass is 10.2. The molecule has 4 nitrogen and oxygen atoms in total. The summed E-state index contributed by atoms with van der Waals surface area (Å²) in [4.78, 5) is 2.42. The fraction of sp³-hybridized carbons (Fsp3) is 0.917. The second-order valence-corrected chi connectivity index (χ2v) is 5.23. The predicted octanol–water partition coefficient (Wildman–Crippen LogP) is 1.78. The highest BCUT2D eigenvalue weighted by molar-refractivity contribution is 5.81. The van der Waals surface area contributed by atoms with Crippen molar-refractivity contribution in [1.82, 2.24) is 4.90 Å². The highest BCUT2D eigenvalue weighted by Crippen LogP contribution is 2.33. The molecule has 0 atom stereocenters. The first-order valence-electron chi connectivity index (χ1n) is 6.50. The lowest BCUT2D eigenvalue weighted by Crippen LogP contribution is -2.40. The minimum absolute atomic E-state index is 0.350. The molecule has 0 heterocycles. The number of oxime groups is 1. The van der Waals surface area contributed by atoms with Crippen LogP contribution in [0.2, 0.25) is 0 Å². The van der Waals surface area contributed by atoms with Gasteiger partial charge in [0.05, 0.1) is 6.54 Å². The van der Waals surface area contributed by atoms with E-state index in [0.29, 0.717) is 18.4 Å². The van der Waals surface area contributed by atoms with Gasteiger partial charge in [-0.05, 0) is 31.7 Å². The SMILES string of the molecule is NC(CN(CCC1CC1)C1CCCC1)=NO. The van der Waals surface area contributed by atoms with E-state index in [1.807, 2.05) is 0 Å². The first kappa shape index (κ1) is 11.7. The summed E-state index contributed by atoms with van der Waals surface area (Å²) in [7, 11) is 0. The minimum atomic E-state index is 0.350. The molecule has 92 valence electrons. The van der Waals surface area contributed by atoms with Crippen LogP contribution >= 0.6 is 0 Å². The van der Waals surface area contributed by atoms with Crippen molar-refractivity contribution in [2.75, 3.05) is 13.1 Å². The molecule has 2 saturated carbocycles. The van der Waals surface area contributed by atoms with E-state index >= 15 is 0 Å². The molecular formula is C12H23N3O. The van der Waals surface area contributed by atoms with Crippen LogP contribution in [-0.4, -0.2) is 35.1 Å². The quantitative estimate of drug-likeness (QED) is 0.313. The zero-order valence-electron chi connectivity index (χ0n) is 9.94. The van der Waals surface area contributed by atoms with Gasteiger partial charge in [0.1, 0.15) is 0 Å². The summed E-state index contributed by atoms with van der Waals surface area (Å²) in [6.45, 7) is 1.75. The van der Waals surface area contributed by atoms with Crippen LogP contribution in [0.15, 0.2) is 5.16 Å². The molecule has 0 amide bonds. The largest absolute Gasteiger partial charge is 0.409 e. The summed E-state index contributed by atoms with van der Waals surface area (Å²) in [5.74, 6) is 1.30. The molecule has 2 rings (SSSR count). The normalized spacial score (nSPS) is 23.2. The first-order valence-corrected chi connectivity index (χ1v) is 6.50. The summed E-state index contributed by atoms with van der Waals surface area (Å²) >= 11 is 0. The molecule has 16 heavy (non-hydrogen) atoms. The van der Waals surface area contributed by atoms with E-state index in [-0.39, 0.29) is 0 Å². The van der Waals surface area contributed by atoms with E-state index in [1.165, 1.54) is 44.9 Å². The van der Waals surface area contributed by atoms with Gasteiger partial charge in [0.2, 0.25) is 0 Å². The summed E-state index contributed by atoms with van der Waals surface area (Å²) in [5.41, 5.74) is 5.62. The molecule has 0 aromatic heterocycles. The lowest BCUT2D eigenvalue weighted by Gasteiger charge is -2.28. The molecule has 0 saturated heterocycles. The second kappa shape index (κ2) is 5.53. The molecule has 4 heteroatoms. The van der Waals surface area contributed by atoms with Crippen LogP contribution in [0.1, 0.15) is 44.9 Å². The second-order valence-electron chi connectivity index (χ2n) is 5.23. The Morgan fingerprint density at radius 1 is 1.25 bits per heavy atom. The molecule has 0 aromatic rings. The predicted molar refractivity (Wildman–Crippen MR) is 64.6 cm³/mol. The van der Waals surface area contributed by atoms with Crippen LogP contribution in [-0.2, 0) is 0 Å². The minimum Gasteiger partial charge on any atom is -0.409 e. The van der Waals surface area contributed by atoms with Gasteiger partial charge in [0.15, 0.2) is 5.84 Å². The summed E-state index contributed by atoms with van der Waals surface area (Å²) in [5, 5.41) is 11.7. The van der Waals surface area contributed by atoms with Crippen molar-refractivity contribution in [3.05, 3.63) is 0 Å². The van der Waals surface area contributed by atoms with Crippen LogP contribution in [0.25, 0.3) is 0 Å². The Balaban J connectivity index is 1.82. The summed E-state index contributed by atoms with van der Waals surface area (Å²) < 4.78 is 0. The molecule has 0 radical (unpaired) electrons. The van der Waals surface area contributed by atoms with Gasteiger partial charge in [-0.3, -0.25) is 4.90 Å². The van der Waals surface area contributed by atoms with E-state index in [9.17, 15) is 0 Å². The Hall–Kier alpha value is -0.770. The third-order valence-electron chi connectivity index (χ3n) is 3.86. The van der Waals surface area contributed by atoms with Crippen molar-refractivity contribution < 1.29 is 5.21 Å². The Morgan fingerprint density at radius 2 is 1.94 bits per heavy atom. The Morgan fingerprint density at radius 3 is 2.50 bits per heavy atom. The molecule has 0 bridgehead atoms. The average Bonchev–Trinajstić information content (AvgIpc) is 2.96. The smallest absolute Gasteiger partial charge is 0.153 e. The fourth-order valence-corrected chi connectivity index (χ4v) is 2.65. The van der Waals surface area contributed by atoms with Gasteiger partial charge in [-0.2, -0.15) is 0 Å². The maximum Gasteiger partial charge on any atom is 0.153 e. The number of rotatable bonds is 6. The maximum absolute atomic E-state index is 8.65. The number of hydrogen-bond acceptors (Lipinski definition) is 3. The molecule has 3 N–H and O–H groups in total. The summed E-state index contributed by atoms with van der Waals surface area (Å²) in [6.07, 6.45) is 9.33. The third kappa shape index (κ3) is 3.37. The highest BCUT2D eigenvalue weighted by Gasteiger charge is 2.26. The monoisotopic (exact) mass is 225 g/mol. The van der Waals surface area contributed by atoms with E-state index in [1.54, 1.807) is 0 Å². The molecule has 0 aromatic carbocycles. The molecular weight excluding hydrogens is 202 g/mol. The third-order valence-corrected chi connectivity index (χ3v) is 3.86.